The molecular formula is C17H27NO2. The molecule has 20 heavy (non-hydrogen) atoms. The zero-order valence-corrected chi connectivity index (χ0v) is 13.6. The van der Waals surface area contributed by atoms with E-state index in [-0.39, 0.29) is 17.4 Å². The molecule has 1 amide bonds. The van der Waals surface area contributed by atoms with Gasteiger partial charge in [0.15, 0.2) is 0 Å². The number of para-hydroxylation sites is 1. The summed E-state index contributed by atoms with van der Waals surface area (Å²) in [5, 5.41) is 0. The summed E-state index contributed by atoms with van der Waals surface area (Å²) < 4.78 is 5.72. The first-order chi connectivity index (χ1) is 9.41. The van der Waals surface area contributed by atoms with E-state index in [4.69, 9.17) is 4.74 Å². The van der Waals surface area contributed by atoms with Crippen LogP contribution >= 0.6 is 0 Å². The first kappa shape index (κ1) is 16.5. The summed E-state index contributed by atoms with van der Waals surface area (Å²) in [5.74, 6) is 1.07. The van der Waals surface area contributed by atoms with Crippen LogP contribution in [0, 0.1) is 5.41 Å². The smallest absolute Gasteiger partial charge is 0.228 e. The maximum atomic E-state index is 12.5. The number of nitrogens with zero attached hydrogens (tertiary/aromatic N) is 1. The fourth-order valence-corrected chi connectivity index (χ4v) is 2.28. The maximum absolute atomic E-state index is 12.5. The van der Waals surface area contributed by atoms with Crippen LogP contribution < -0.4 is 4.74 Å². The summed E-state index contributed by atoms with van der Waals surface area (Å²) in [5.41, 5.74) is 0.737. The number of hydrogen-bond acceptors (Lipinski definition) is 2. The lowest BCUT2D eigenvalue weighted by molar-refractivity contribution is -0.141. The van der Waals surface area contributed by atoms with Crippen molar-refractivity contribution in [3.8, 4) is 5.75 Å². The normalized spacial score (nSPS) is 18.1. The molecule has 1 atom stereocenters. The van der Waals surface area contributed by atoms with Gasteiger partial charge in [0.2, 0.25) is 5.91 Å². The van der Waals surface area contributed by atoms with E-state index in [1.807, 2.05) is 63.8 Å². The Bertz CT molecular complexity index is 449. The highest BCUT2D eigenvalue weighted by Crippen LogP contribution is 2.33. The van der Waals surface area contributed by atoms with Gasteiger partial charge in [-0.05, 0) is 13.0 Å². The Labute approximate surface area is 122 Å². The lowest BCUT2D eigenvalue weighted by Gasteiger charge is -2.32. The molecule has 0 saturated carbocycles. The van der Waals surface area contributed by atoms with Gasteiger partial charge in [-0.25, -0.2) is 0 Å². The van der Waals surface area contributed by atoms with Crippen LogP contribution in [0.5, 0.6) is 5.75 Å². The van der Waals surface area contributed by atoms with Gasteiger partial charge >= 0.3 is 0 Å². The van der Waals surface area contributed by atoms with Crippen LogP contribution in [0.15, 0.2) is 24.3 Å². The third-order valence-electron chi connectivity index (χ3n) is 3.33. The molecule has 0 fully saturated rings. The zero-order valence-electron chi connectivity index (χ0n) is 13.6. The summed E-state index contributed by atoms with van der Waals surface area (Å²) >= 11 is 0. The van der Waals surface area contributed by atoms with E-state index in [2.05, 4.69) is 6.92 Å². The van der Waals surface area contributed by atoms with Crippen LogP contribution in [-0.2, 0) is 4.79 Å². The van der Waals surface area contributed by atoms with Gasteiger partial charge < -0.3 is 9.64 Å². The van der Waals surface area contributed by atoms with Crippen molar-refractivity contribution < 1.29 is 9.53 Å². The third kappa shape index (κ3) is 3.53. The van der Waals surface area contributed by atoms with Gasteiger partial charge in [-0.15, -0.1) is 0 Å². The van der Waals surface area contributed by atoms with Gasteiger partial charge in [-0.2, -0.15) is 0 Å². The van der Waals surface area contributed by atoms with E-state index in [9.17, 15) is 4.79 Å². The van der Waals surface area contributed by atoms with Crippen molar-refractivity contribution >= 4 is 5.91 Å². The Hall–Kier alpha value is -1.51. The molecule has 3 nitrogen and oxygen atoms in total. The van der Waals surface area contributed by atoms with Crippen molar-refractivity contribution in [3.05, 3.63) is 29.8 Å². The molecular weight excluding hydrogens is 250 g/mol. The Morgan fingerprint density at radius 3 is 2.45 bits per heavy atom. The number of rotatable bonds is 0. The van der Waals surface area contributed by atoms with Gasteiger partial charge in [0.1, 0.15) is 12.4 Å². The monoisotopic (exact) mass is 277 g/mol. The molecule has 0 aliphatic carbocycles. The summed E-state index contributed by atoms with van der Waals surface area (Å²) in [6.07, 6.45) is 0. The minimum atomic E-state index is -0.354. The van der Waals surface area contributed by atoms with Gasteiger partial charge in [0.25, 0.3) is 0 Å². The summed E-state index contributed by atoms with van der Waals surface area (Å²) in [6, 6.07) is 8.03. The number of fused-ring (bicyclic) bond motifs is 1. The van der Waals surface area contributed by atoms with Crippen LogP contribution in [0.2, 0.25) is 0 Å². The van der Waals surface area contributed by atoms with Crippen LogP contribution in [0.25, 0.3) is 0 Å². The Kier molecular flexibility index (Phi) is 5.61. The lowest BCUT2D eigenvalue weighted by atomic mass is 9.93. The first-order valence-corrected chi connectivity index (χ1v) is 7.44. The predicted octanol–water partition coefficient (Wildman–Crippen LogP) is 4.04. The second kappa shape index (κ2) is 6.78. The number of carbonyl (C=O) groups excluding carboxylic acids is 1. The van der Waals surface area contributed by atoms with E-state index in [0.29, 0.717) is 13.2 Å². The van der Waals surface area contributed by atoms with Crippen molar-refractivity contribution in [2.24, 2.45) is 5.41 Å². The average molecular weight is 277 g/mol. The van der Waals surface area contributed by atoms with Crippen LogP contribution in [0.1, 0.15) is 53.1 Å². The van der Waals surface area contributed by atoms with Crippen LogP contribution in [0.4, 0.5) is 0 Å². The average Bonchev–Trinajstić information content (AvgIpc) is 2.59. The SMILES string of the molecule is CC.C[C@H]1c2ccccc2OCCN1C(=O)C(C)(C)C. The predicted molar refractivity (Wildman–Crippen MR) is 82.9 cm³/mol. The van der Waals surface area contributed by atoms with Gasteiger partial charge in [-0.3, -0.25) is 4.79 Å². The summed E-state index contributed by atoms with van der Waals surface area (Å²) in [6.45, 7) is 13.1. The van der Waals surface area contributed by atoms with E-state index in [0.717, 1.165) is 11.3 Å². The molecule has 1 aromatic rings. The molecule has 0 unspecified atom stereocenters. The van der Waals surface area contributed by atoms with E-state index in [1.165, 1.54) is 0 Å². The highest BCUT2D eigenvalue weighted by molar-refractivity contribution is 5.82. The van der Waals surface area contributed by atoms with Crippen LogP contribution in [0.3, 0.4) is 0 Å². The van der Waals surface area contributed by atoms with E-state index < -0.39 is 0 Å². The number of hydrogen-bond donors (Lipinski definition) is 0. The molecule has 0 saturated heterocycles. The zero-order chi connectivity index (χ0) is 15.3. The molecule has 2 rings (SSSR count). The van der Waals surface area contributed by atoms with Gasteiger partial charge in [-0.1, -0.05) is 52.8 Å². The topological polar surface area (TPSA) is 29.5 Å². The lowest BCUT2D eigenvalue weighted by Crippen LogP contribution is -2.42. The Morgan fingerprint density at radius 2 is 1.85 bits per heavy atom. The molecule has 0 spiro atoms. The minimum absolute atomic E-state index is 0.0652. The standard InChI is InChI=1S/C15H21NO2.C2H6/c1-11-12-7-5-6-8-13(12)18-10-9-16(11)14(17)15(2,3)4;1-2/h5-8,11H,9-10H2,1-4H3;1-2H3/t11-;/m0./s1. The molecule has 0 bridgehead atoms. The van der Waals surface area contributed by atoms with Gasteiger partial charge in [0.05, 0.1) is 12.6 Å². The van der Waals surface area contributed by atoms with E-state index >= 15 is 0 Å². The molecule has 112 valence electrons. The maximum Gasteiger partial charge on any atom is 0.228 e. The second-order valence-electron chi connectivity index (χ2n) is 5.81. The molecule has 0 N–H and O–H groups in total. The quantitative estimate of drug-likeness (QED) is 0.716. The van der Waals surface area contributed by atoms with Crippen LogP contribution in [-0.4, -0.2) is 24.0 Å². The minimum Gasteiger partial charge on any atom is -0.491 e. The van der Waals surface area contributed by atoms with Crippen molar-refractivity contribution in [2.45, 2.75) is 47.6 Å². The van der Waals surface area contributed by atoms with Gasteiger partial charge in [0, 0.05) is 11.0 Å². The van der Waals surface area contributed by atoms with Crippen molar-refractivity contribution in [3.63, 3.8) is 0 Å². The van der Waals surface area contributed by atoms with Crippen molar-refractivity contribution in [1.29, 1.82) is 0 Å². The third-order valence-corrected chi connectivity index (χ3v) is 3.33. The Morgan fingerprint density at radius 1 is 1.25 bits per heavy atom. The summed E-state index contributed by atoms with van der Waals surface area (Å²) in [7, 11) is 0. The first-order valence-electron chi connectivity index (χ1n) is 7.44. The fraction of sp³-hybridized carbons (Fsp3) is 0.588. The molecule has 0 radical (unpaired) electrons. The van der Waals surface area contributed by atoms with Crippen molar-refractivity contribution in [1.82, 2.24) is 4.90 Å². The highest BCUT2D eigenvalue weighted by atomic mass is 16.5. The molecule has 1 aliphatic heterocycles. The Balaban J connectivity index is 0.000000956. The molecule has 1 aliphatic rings. The summed E-state index contributed by atoms with van der Waals surface area (Å²) in [4.78, 5) is 14.4. The molecule has 0 aromatic heterocycles. The molecule has 3 heteroatoms. The number of carbonyl (C=O) groups is 1. The fourth-order valence-electron chi connectivity index (χ4n) is 2.28. The number of benzene rings is 1. The highest BCUT2D eigenvalue weighted by Gasteiger charge is 2.33. The van der Waals surface area contributed by atoms with Crippen molar-refractivity contribution in [2.75, 3.05) is 13.2 Å². The molecule has 1 aromatic carbocycles. The number of amides is 1. The largest absolute Gasteiger partial charge is 0.491 e. The van der Waals surface area contributed by atoms with E-state index in [1.54, 1.807) is 0 Å². The molecule has 1 heterocycles. The second-order valence-corrected chi connectivity index (χ2v) is 5.81. The number of ether oxygens (including phenoxy) is 1.